The van der Waals surface area contributed by atoms with E-state index in [0.717, 1.165) is 37.2 Å². The summed E-state index contributed by atoms with van der Waals surface area (Å²) in [6.45, 7) is 0.775. The van der Waals surface area contributed by atoms with E-state index in [1.54, 1.807) is 6.33 Å². The molecule has 0 radical (unpaired) electrons. The number of anilines is 2. The Hall–Kier alpha value is -1.45. The Labute approximate surface area is 157 Å². The molecule has 1 atom stereocenters. The lowest BCUT2D eigenvalue weighted by Gasteiger charge is -2.23. The van der Waals surface area contributed by atoms with E-state index in [4.69, 9.17) is 16.3 Å². The van der Waals surface area contributed by atoms with Gasteiger partial charge in [0.15, 0.2) is 20.8 Å². The summed E-state index contributed by atoms with van der Waals surface area (Å²) in [4.78, 5) is 13.6. The fourth-order valence-corrected chi connectivity index (χ4v) is 3.47. The van der Waals surface area contributed by atoms with Gasteiger partial charge in [-0.3, -0.25) is 4.57 Å². The summed E-state index contributed by atoms with van der Waals surface area (Å²) in [6.07, 6.45) is 5.00. The van der Waals surface area contributed by atoms with Gasteiger partial charge in [-0.1, -0.05) is 23.7 Å². The fraction of sp³-hybridized carbons (Fsp3) is 0.312. The number of para-hydroxylation sites is 1. The van der Waals surface area contributed by atoms with Crippen molar-refractivity contribution in [3.63, 3.8) is 0 Å². The Morgan fingerprint density at radius 1 is 1.25 bits per heavy atom. The molecule has 1 aliphatic heterocycles. The molecule has 1 aliphatic rings. The maximum absolute atomic E-state index is 6.24. The van der Waals surface area contributed by atoms with E-state index >= 15 is 0 Å². The van der Waals surface area contributed by atoms with Gasteiger partial charge in [0.25, 0.3) is 0 Å². The molecule has 2 aromatic heterocycles. The summed E-state index contributed by atoms with van der Waals surface area (Å²) >= 11 is 8.35. The van der Waals surface area contributed by atoms with Crippen LogP contribution in [-0.2, 0) is 4.74 Å². The number of halogens is 2. The molecule has 6 nitrogen and oxygen atoms in total. The fourth-order valence-electron chi connectivity index (χ4n) is 2.82. The quantitative estimate of drug-likeness (QED) is 0.464. The lowest BCUT2D eigenvalue weighted by Crippen LogP contribution is -2.18. The van der Waals surface area contributed by atoms with Gasteiger partial charge in [-0.05, 0) is 31.4 Å². The molecule has 3 heterocycles. The van der Waals surface area contributed by atoms with E-state index in [-0.39, 0.29) is 6.23 Å². The normalized spacial score (nSPS) is 18.0. The van der Waals surface area contributed by atoms with Crippen LogP contribution in [0.25, 0.3) is 11.2 Å². The Morgan fingerprint density at radius 2 is 2.12 bits per heavy atom. The van der Waals surface area contributed by atoms with E-state index in [9.17, 15) is 0 Å². The van der Waals surface area contributed by atoms with Gasteiger partial charge in [0.2, 0.25) is 0 Å². The predicted molar refractivity (Wildman–Crippen MR) is 102 cm³/mol. The maximum atomic E-state index is 6.24. The minimum atomic E-state index is -0.0115. The van der Waals surface area contributed by atoms with E-state index < -0.39 is 0 Å². The zero-order chi connectivity index (χ0) is 16.5. The number of imidazole rings is 1. The van der Waals surface area contributed by atoms with Gasteiger partial charge in [-0.2, -0.15) is 0 Å². The molecule has 1 saturated heterocycles. The second-order valence-electron chi connectivity index (χ2n) is 5.59. The van der Waals surface area contributed by atoms with Gasteiger partial charge >= 0.3 is 0 Å². The molecule has 4 rings (SSSR count). The third-order valence-electron chi connectivity index (χ3n) is 3.99. The summed E-state index contributed by atoms with van der Waals surface area (Å²) in [5.41, 5.74) is 2.28. The molecular formula is C16H15ClIN5O. The highest BCUT2D eigenvalue weighted by molar-refractivity contribution is 14.1. The number of benzene rings is 1. The van der Waals surface area contributed by atoms with Crippen LogP contribution in [0, 0.1) is 3.83 Å². The molecule has 1 N–H and O–H groups in total. The third-order valence-corrected chi connectivity index (χ3v) is 4.80. The molecule has 1 aromatic carbocycles. The summed E-state index contributed by atoms with van der Waals surface area (Å²) in [5.74, 6) is 0.645. The molecule has 1 fully saturated rings. The van der Waals surface area contributed by atoms with Crippen molar-refractivity contribution in [3.8, 4) is 0 Å². The van der Waals surface area contributed by atoms with Crippen molar-refractivity contribution >= 4 is 56.9 Å². The average Bonchev–Trinajstić information content (AvgIpc) is 3.01. The minimum Gasteiger partial charge on any atom is -0.358 e. The number of nitrogens with one attached hydrogen (secondary N) is 1. The van der Waals surface area contributed by atoms with Crippen molar-refractivity contribution in [2.24, 2.45) is 0 Å². The number of hydrogen-bond acceptors (Lipinski definition) is 5. The first kappa shape index (κ1) is 16.0. The zero-order valence-corrected chi connectivity index (χ0v) is 15.7. The first-order valence-corrected chi connectivity index (χ1v) is 9.21. The highest BCUT2D eigenvalue weighted by Crippen LogP contribution is 2.30. The van der Waals surface area contributed by atoms with Crippen molar-refractivity contribution in [2.75, 3.05) is 11.9 Å². The molecule has 124 valence electrons. The van der Waals surface area contributed by atoms with Gasteiger partial charge in [0.1, 0.15) is 6.23 Å². The van der Waals surface area contributed by atoms with Gasteiger partial charge in [0, 0.05) is 29.2 Å². The Morgan fingerprint density at radius 3 is 2.92 bits per heavy atom. The summed E-state index contributed by atoms with van der Waals surface area (Å²) in [7, 11) is 0. The second-order valence-corrected chi connectivity index (χ2v) is 6.96. The molecule has 1 unspecified atom stereocenters. The SMILES string of the molecule is Clc1ccccc1Nc1nc(I)nc2c1ncn2C1CCCCO1. The Balaban J connectivity index is 1.76. The maximum Gasteiger partial charge on any atom is 0.194 e. The van der Waals surface area contributed by atoms with Crippen LogP contribution in [0.2, 0.25) is 5.02 Å². The largest absolute Gasteiger partial charge is 0.358 e. The number of rotatable bonds is 3. The summed E-state index contributed by atoms with van der Waals surface area (Å²) in [5, 5.41) is 3.90. The summed E-state index contributed by atoms with van der Waals surface area (Å²) in [6, 6.07) is 7.56. The smallest absolute Gasteiger partial charge is 0.194 e. The molecule has 0 spiro atoms. The van der Waals surface area contributed by atoms with Crippen LogP contribution < -0.4 is 5.32 Å². The molecule has 0 bridgehead atoms. The number of nitrogens with zero attached hydrogens (tertiary/aromatic N) is 4. The molecule has 0 aliphatic carbocycles. The van der Waals surface area contributed by atoms with Crippen LogP contribution in [0.3, 0.4) is 0 Å². The highest BCUT2D eigenvalue weighted by Gasteiger charge is 2.21. The zero-order valence-electron chi connectivity index (χ0n) is 12.7. The average molecular weight is 456 g/mol. The lowest BCUT2D eigenvalue weighted by atomic mass is 10.2. The molecule has 0 saturated carbocycles. The van der Waals surface area contributed by atoms with Crippen molar-refractivity contribution in [3.05, 3.63) is 39.4 Å². The van der Waals surface area contributed by atoms with Crippen molar-refractivity contribution in [2.45, 2.75) is 25.5 Å². The van der Waals surface area contributed by atoms with Crippen LogP contribution in [0.5, 0.6) is 0 Å². The summed E-state index contributed by atoms with van der Waals surface area (Å²) < 4.78 is 8.51. The monoisotopic (exact) mass is 455 g/mol. The number of aromatic nitrogens is 4. The number of ether oxygens (including phenoxy) is 1. The molecule has 24 heavy (non-hydrogen) atoms. The first-order chi connectivity index (χ1) is 11.7. The molecule has 8 heteroatoms. The third kappa shape index (κ3) is 3.07. The van der Waals surface area contributed by atoms with E-state index in [1.807, 2.05) is 28.8 Å². The first-order valence-electron chi connectivity index (χ1n) is 7.75. The van der Waals surface area contributed by atoms with Gasteiger partial charge in [-0.15, -0.1) is 0 Å². The van der Waals surface area contributed by atoms with Gasteiger partial charge < -0.3 is 10.1 Å². The molecule has 3 aromatic rings. The van der Waals surface area contributed by atoms with Crippen LogP contribution >= 0.6 is 34.2 Å². The van der Waals surface area contributed by atoms with E-state index in [1.165, 1.54) is 0 Å². The van der Waals surface area contributed by atoms with Crippen molar-refractivity contribution in [1.29, 1.82) is 0 Å². The van der Waals surface area contributed by atoms with Crippen LogP contribution in [-0.4, -0.2) is 26.1 Å². The number of hydrogen-bond donors (Lipinski definition) is 1. The van der Waals surface area contributed by atoms with Gasteiger partial charge in [0.05, 0.1) is 17.0 Å². The van der Waals surface area contributed by atoms with Crippen LogP contribution in [0.4, 0.5) is 11.5 Å². The Kier molecular flexibility index (Phi) is 4.55. The standard InChI is InChI=1S/C16H15ClIN5O/c17-10-5-1-2-6-11(10)20-14-13-15(22-16(18)21-14)23(9-19-13)12-7-3-4-8-24-12/h1-2,5-6,9,12H,3-4,7-8H2,(H,20,21,22). The van der Waals surface area contributed by atoms with Crippen LogP contribution in [0.1, 0.15) is 25.5 Å². The second kappa shape index (κ2) is 6.81. The topological polar surface area (TPSA) is 64.9 Å². The lowest BCUT2D eigenvalue weighted by molar-refractivity contribution is -0.0298. The number of fused-ring (bicyclic) bond motifs is 1. The van der Waals surface area contributed by atoms with Crippen molar-refractivity contribution < 1.29 is 4.74 Å². The van der Waals surface area contributed by atoms with Crippen LogP contribution in [0.15, 0.2) is 30.6 Å². The highest BCUT2D eigenvalue weighted by atomic mass is 127. The van der Waals surface area contributed by atoms with E-state index in [2.05, 4.69) is 42.9 Å². The Bertz CT molecular complexity index is 878. The van der Waals surface area contributed by atoms with E-state index in [0.29, 0.717) is 20.2 Å². The van der Waals surface area contributed by atoms with Gasteiger partial charge in [-0.25, -0.2) is 15.0 Å². The minimum absolute atomic E-state index is 0.0115. The molecular weight excluding hydrogens is 441 g/mol. The molecule has 0 amide bonds. The van der Waals surface area contributed by atoms with Crippen molar-refractivity contribution in [1.82, 2.24) is 19.5 Å². The predicted octanol–water partition coefficient (Wildman–Crippen LogP) is 4.53.